The Labute approximate surface area is 111 Å². The van der Waals surface area contributed by atoms with Crippen LogP contribution in [0.25, 0.3) is 0 Å². The van der Waals surface area contributed by atoms with Gasteiger partial charge in [0.05, 0.1) is 13.0 Å². The van der Waals surface area contributed by atoms with Crippen molar-refractivity contribution in [3.05, 3.63) is 58.5 Å². The van der Waals surface area contributed by atoms with Crippen LogP contribution in [0.1, 0.15) is 17.1 Å². The van der Waals surface area contributed by atoms with Gasteiger partial charge in [-0.3, -0.25) is 4.79 Å². The Bertz CT molecular complexity index is 548. The predicted molar refractivity (Wildman–Crippen MR) is 70.4 cm³/mol. The molecule has 1 aromatic heterocycles. The minimum atomic E-state index is -0.0497. The van der Waals surface area contributed by atoms with Crippen molar-refractivity contribution in [1.82, 2.24) is 5.32 Å². The Balaban J connectivity index is 1.85. The number of benzene rings is 1. The number of carbonyl (C=O) groups is 1. The Morgan fingerprint density at radius 1 is 1.33 bits per heavy atom. The number of furan rings is 1. The molecule has 0 radical (unpaired) electrons. The third kappa shape index (κ3) is 3.64. The molecule has 0 unspecified atom stereocenters. The van der Waals surface area contributed by atoms with Gasteiger partial charge in [0, 0.05) is 5.02 Å². The second-order valence-electron chi connectivity index (χ2n) is 4.10. The Morgan fingerprint density at radius 2 is 2.17 bits per heavy atom. The highest BCUT2D eigenvalue weighted by Gasteiger charge is 2.05. The molecule has 1 heterocycles. The van der Waals surface area contributed by atoms with Gasteiger partial charge in [0.15, 0.2) is 0 Å². The van der Waals surface area contributed by atoms with Crippen LogP contribution in [0.2, 0.25) is 5.02 Å². The number of hydrogen-bond donors (Lipinski definition) is 1. The average Bonchev–Trinajstić information content (AvgIpc) is 2.73. The third-order valence-corrected chi connectivity index (χ3v) is 2.74. The number of nitrogens with one attached hydrogen (secondary N) is 1. The zero-order chi connectivity index (χ0) is 13.0. The lowest BCUT2D eigenvalue weighted by atomic mass is 10.1. The van der Waals surface area contributed by atoms with Gasteiger partial charge in [0.25, 0.3) is 0 Å². The quantitative estimate of drug-likeness (QED) is 0.921. The van der Waals surface area contributed by atoms with Crippen LogP contribution in [0.3, 0.4) is 0 Å². The van der Waals surface area contributed by atoms with Gasteiger partial charge in [-0.05, 0) is 36.8 Å². The number of carbonyl (C=O) groups excluding carboxylic acids is 1. The van der Waals surface area contributed by atoms with Gasteiger partial charge in [-0.1, -0.05) is 23.7 Å². The van der Waals surface area contributed by atoms with E-state index < -0.39 is 0 Å². The van der Waals surface area contributed by atoms with Crippen molar-refractivity contribution in [2.75, 3.05) is 0 Å². The van der Waals surface area contributed by atoms with Crippen molar-refractivity contribution < 1.29 is 9.21 Å². The van der Waals surface area contributed by atoms with E-state index in [-0.39, 0.29) is 5.91 Å². The van der Waals surface area contributed by atoms with Gasteiger partial charge in [-0.2, -0.15) is 0 Å². The molecule has 0 saturated carbocycles. The van der Waals surface area contributed by atoms with Crippen molar-refractivity contribution in [3.8, 4) is 0 Å². The van der Waals surface area contributed by atoms with E-state index in [0.29, 0.717) is 18.0 Å². The van der Waals surface area contributed by atoms with Crippen LogP contribution in [0.15, 0.2) is 40.8 Å². The molecule has 4 heteroatoms. The van der Waals surface area contributed by atoms with E-state index >= 15 is 0 Å². The molecular weight excluding hydrogens is 250 g/mol. The second kappa shape index (κ2) is 5.74. The number of aryl methyl sites for hydroxylation is 1. The molecule has 18 heavy (non-hydrogen) atoms. The molecule has 1 aromatic carbocycles. The summed E-state index contributed by atoms with van der Waals surface area (Å²) in [5, 5.41) is 3.45. The van der Waals surface area contributed by atoms with Gasteiger partial charge in [0.1, 0.15) is 11.5 Å². The van der Waals surface area contributed by atoms with E-state index in [2.05, 4.69) is 5.32 Å². The van der Waals surface area contributed by atoms with E-state index in [0.717, 1.165) is 17.1 Å². The fourth-order valence-electron chi connectivity index (χ4n) is 1.66. The smallest absolute Gasteiger partial charge is 0.224 e. The third-order valence-electron chi connectivity index (χ3n) is 2.51. The normalized spacial score (nSPS) is 10.3. The van der Waals surface area contributed by atoms with Gasteiger partial charge >= 0.3 is 0 Å². The van der Waals surface area contributed by atoms with Crippen LogP contribution in [0, 0.1) is 6.92 Å². The highest BCUT2D eigenvalue weighted by atomic mass is 35.5. The first kappa shape index (κ1) is 12.7. The van der Waals surface area contributed by atoms with E-state index in [4.69, 9.17) is 16.0 Å². The van der Waals surface area contributed by atoms with Crippen LogP contribution in [0.5, 0.6) is 0 Å². The summed E-state index contributed by atoms with van der Waals surface area (Å²) in [4.78, 5) is 11.7. The summed E-state index contributed by atoms with van der Waals surface area (Å²) in [6, 6.07) is 11.0. The first-order valence-corrected chi connectivity index (χ1v) is 6.08. The van der Waals surface area contributed by atoms with Crippen molar-refractivity contribution in [3.63, 3.8) is 0 Å². The monoisotopic (exact) mass is 263 g/mol. The number of hydrogen-bond acceptors (Lipinski definition) is 2. The molecule has 0 atom stereocenters. The van der Waals surface area contributed by atoms with E-state index in [1.807, 2.05) is 31.2 Å². The first-order valence-electron chi connectivity index (χ1n) is 5.70. The highest BCUT2D eigenvalue weighted by Crippen LogP contribution is 2.11. The Kier molecular flexibility index (Phi) is 4.05. The SMILES string of the molecule is Cc1ccc(CNC(=O)Cc2cccc(Cl)c2)o1. The van der Waals surface area contributed by atoms with Gasteiger partial charge in [0.2, 0.25) is 5.91 Å². The van der Waals surface area contributed by atoms with Gasteiger partial charge in [-0.15, -0.1) is 0 Å². The molecule has 0 bridgehead atoms. The number of halogens is 1. The van der Waals surface area contributed by atoms with E-state index in [1.54, 1.807) is 12.1 Å². The number of amides is 1. The highest BCUT2D eigenvalue weighted by molar-refractivity contribution is 6.30. The molecule has 0 aliphatic heterocycles. The molecular formula is C14H14ClNO2. The Hall–Kier alpha value is -1.74. The predicted octanol–water partition coefficient (Wildman–Crippen LogP) is 3.10. The largest absolute Gasteiger partial charge is 0.465 e. The summed E-state index contributed by atoms with van der Waals surface area (Å²) >= 11 is 5.86. The molecule has 3 nitrogen and oxygen atoms in total. The molecule has 0 fully saturated rings. The lowest BCUT2D eigenvalue weighted by molar-refractivity contribution is -0.120. The van der Waals surface area contributed by atoms with Crippen molar-refractivity contribution >= 4 is 17.5 Å². The van der Waals surface area contributed by atoms with Gasteiger partial charge in [-0.25, -0.2) is 0 Å². The van der Waals surface area contributed by atoms with Crippen LogP contribution in [0.4, 0.5) is 0 Å². The molecule has 0 saturated heterocycles. The molecule has 1 N–H and O–H groups in total. The van der Waals surface area contributed by atoms with E-state index in [1.165, 1.54) is 0 Å². The fourth-order valence-corrected chi connectivity index (χ4v) is 1.87. The van der Waals surface area contributed by atoms with Crippen LogP contribution in [-0.2, 0) is 17.8 Å². The lowest BCUT2D eigenvalue weighted by Crippen LogP contribution is -2.24. The molecule has 1 amide bonds. The number of rotatable bonds is 4. The molecule has 0 aliphatic rings. The average molecular weight is 264 g/mol. The van der Waals surface area contributed by atoms with Crippen LogP contribution < -0.4 is 5.32 Å². The summed E-state index contributed by atoms with van der Waals surface area (Å²) in [6.07, 6.45) is 0.320. The van der Waals surface area contributed by atoms with Crippen molar-refractivity contribution in [1.29, 1.82) is 0 Å². The maximum absolute atomic E-state index is 11.7. The second-order valence-corrected chi connectivity index (χ2v) is 4.53. The van der Waals surface area contributed by atoms with Crippen LogP contribution >= 0.6 is 11.6 Å². The fraction of sp³-hybridized carbons (Fsp3) is 0.214. The zero-order valence-corrected chi connectivity index (χ0v) is 10.8. The standard InChI is InChI=1S/C14H14ClNO2/c1-10-5-6-13(18-10)9-16-14(17)8-11-3-2-4-12(15)7-11/h2-7H,8-9H2,1H3,(H,16,17). The van der Waals surface area contributed by atoms with Gasteiger partial charge < -0.3 is 9.73 Å². The maximum Gasteiger partial charge on any atom is 0.224 e. The maximum atomic E-state index is 11.7. The summed E-state index contributed by atoms with van der Waals surface area (Å²) < 4.78 is 5.37. The summed E-state index contributed by atoms with van der Waals surface area (Å²) in [5.41, 5.74) is 0.899. The molecule has 0 spiro atoms. The first-order chi connectivity index (χ1) is 8.63. The Morgan fingerprint density at radius 3 is 2.83 bits per heavy atom. The molecule has 2 aromatic rings. The topological polar surface area (TPSA) is 42.2 Å². The summed E-state index contributed by atoms with van der Waals surface area (Å²) in [6.45, 7) is 2.28. The zero-order valence-electron chi connectivity index (χ0n) is 10.1. The summed E-state index contributed by atoms with van der Waals surface area (Å²) in [5.74, 6) is 1.55. The molecule has 94 valence electrons. The molecule has 2 rings (SSSR count). The minimum Gasteiger partial charge on any atom is -0.465 e. The van der Waals surface area contributed by atoms with Crippen LogP contribution in [-0.4, -0.2) is 5.91 Å². The minimum absolute atomic E-state index is 0.0497. The van der Waals surface area contributed by atoms with E-state index in [9.17, 15) is 4.79 Å². The summed E-state index contributed by atoms with van der Waals surface area (Å²) in [7, 11) is 0. The van der Waals surface area contributed by atoms with Crippen molar-refractivity contribution in [2.45, 2.75) is 19.9 Å². The van der Waals surface area contributed by atoms with Crippen molar-refractivity contribution in [2.24, 2.45) is 0 Å². The molecule has 0 aliphatic carbocycles. The lowest BCUT2D eigenvalue weighted by Gasteiger charge is -2.04.